The van der Waals surface area contributed by atoms with Gasteiger partial charge in [0.2, 0.25) is 10.0 Å². The average molecular weight is 305 g/mol. The fourth-order valence-corrected chi connectivity index (χ4v) is 2.61. The van der Waals surface area contributed by atoms with Gasteiger partial charge in [-0.05, 0) is 37.1 Å². The highest BCUT2D eigenvalue weighted by Crippen LogP contribution is 2.22. The van der Waals surface area contributed by atoms with E-state index in [9.17, 15) is 8.42 Å². The molecule has 5 nitrogen and oxygen atoms in total. The SMILES string of the molecule is Cc1cccc(CCNc2cc(S(N)(=O)=O)ccc2N)c1. The maximum absolute atomic E-state index is 11.3. The van der Waals surface area contributed by atoms with Crippen LogP contribution in [0.3, 0.4) is 0 Å². The van der Waals surface area contributed by atoms with Crippen LogP contribution in [-0.4, -0.2) is 15.0 Å². The van der Waals surface area contributed by atoms with Crippen LogP contribution in [0, 0.1) is 6.92 Å². The number of primary sulfonamides is 1. The molecule has 112 valence electrons. The Balaban J connectivity index is 2.06. The molecule has 0 unspecified atom stereocenters. The van der Waals surface area contributed by atoms with Crippen LogP contribution in [0.2, 0.25) is 0 Å². The molecule has 2 aromatic carbocycles. The zero-order valence-corrected chi connectivity index (χ0v) is 12.7. The van der Waals surface area contributed by atoms with Gasteiger partial charge in [0.1, 0.15) is 0 Å². The van der Waals surface area contributed by atoms with Gasteiger partial charge in [0.05, 0.1) is 16.3 Å². The first-order valence-corrected chi connectivity index (χ1v) is 8.12. The summed E-state index contributed by atoms with van der Waals surface area (Å²) in [7, 11) is -3.72. The Kier molecular flexibility index (Phi) is 4.50. The smallest absolute Gasteiger partial charge is 0.238 e. The monoisotopic (exact) mass is 305 g/mol. The minimum Gasteiger partial charge on any atom is -0.397 e. The van der Waals surface area contributed by atoms with Gasteiger partial charge < -0.3 is 11.1 Å². The summed E-state index contributed by atoms with van der Waals surface area (Å²) in [6.45, 7) is 2.70. The second-order valence-corrected chi connectivity index (χ2v) is 6.52. The van der Waals surface area contributed by atoms with E-state index in [1.165, 1.54) is 29.3 Å². The van der Waals surface area contributed by atoms with Crippen molar-refractivity contribution in [2.75, 3.05) is 17.6 Å². The molecule has 0 heterocycles. The molecule has 0 saturated carbocycles. The van der Waals surface area contributed by atoms with Gasteiger partial charge in [-0.1, -0.05) is 29.8 Å². The van der Waals surface area contributed by atoms with Crippen LogP contribution in [0.25, 0.3) is 0 Å². The minimum absolute atomic E-state index is 0.0507. The Labute approximate surface area is 125 Å². The third-order valence-corrected chi connectivity index (χ3v) is 4.08. The zero-order chi connectivity index (χ0) is 15.5. The van der Waals surface area contributed by atoms with Crippen LogP contribution < -0.4 is 16.2 Å². The Morgan fingerprint density at radius 2 is 1.90 bits per heavy atom. The molecule has 0 aliphatic heterocycles. The average Bonchev–Trinajstić information content (AvgIpc) is 2.39. The maximum atomic E-state index is 11.3. The van der Waals surface area contributed by atoms with Crippen molar-refractivity contribution < 1.29 is 8.42 Å². The predicted molar refractivity (Wildman–Crippen MR) is 85.6 cm³/mol. The second kappa shape index (κ2) is 6.15. The lowest BCUT2D eigenvalue weighted by Crippen LogP contribution is -2.13. The summed E-state index contributed by atoms with van der Waals surface area (Å²) in [5.41, 5.74) is 9.33. The second-order valence-electron chi connectivity index (χ2n) is 4.96. The van der Waals surface area contributed by atoms with E-state index >= 15 is 0 Å². The number of hydrogen-bond donors (Lipinski definition) is 3. The molecule has 5 N–H and O–H groups in total. The molecule has 0 atom stereocenters. The van der Waals surface area contributed by atoms with E-state index in [-0.39, 0.29) is 4.90 Å². The number of nitrogen functional groups attached to an aromatic ring is 1. The van der Waals surface area contributed by atoms with Gasteiger partial charge in [-0.2, -0.15) is 0 Å². The van der Waals surface area contributed by atoms with Gasteiger partial charge in [-0.15, -0.1) is 0 Å². The molecule has 0 aliphatic rings. The van der Waals surface area contributed by atoms with Gasteiger partial charge in [-0.3, -0.25) is 0 Å². The van der Waals surface area contributed by atoms with Crippen molar-refractivity contribution in [2.45, 2.75) is 18.2 Å². The Bertz CT molecular complexity index is 742. The third-order valence-electron chi connectivity index (χ3n) is 3.16. The molecule has 0 aromatic heterocycles. The summed E-state index contributed by atoms with van der Waals surface area (Å²) in [6, 6.07) is 12.6. The minimum atomic E-state index is -3.72. The Hall–Kier alpha value is -2.05. The van der Waals surface area contributed by atoms with E-state index in [4.69, 9.17) is 10.9 Å². The van der Waals surface area contributed by atoms with Crippen molar-refractivity contribution in [2.24, 2.45) is 5.14 Å². The fourth-order valence-electron chi connectivity index (χ4n) is 2.07. The van der Waals surface area contributed by atoms with E-state index in [1.54, 1.807) is 0 Å². The van der Waals surface area contributed by atoms with E-state index in [1.807, 2.05) is 19.1 Å². The van der Waals surface area contributed by atoms with Crippen molar-refractivity contribution in [1.82, 2.24) is 0 Å². The van der Waals surface area contributed by atoms with Crippen LogP contribution in [-0.2, 0) is 16.4 Å². The molecule has 0 amide bonds. The molecule has 6 heteroatoms. The summed E-state index contributed by atoms with van der Waals surface area (Å²) in [5, 5.41) is 8.26. The predicted octanol–water partition coefficient (Wildman–Crippen LogP) is 1.88. The first-order chi connectivity index (χ1) is 9.86. The molecule has 0 spiro atoms. The summed E-state index contributed by atoms with van der Waals surface area (Å²) in [4.78, 5) is 0.0507. The van der Waals surface area contributed by atoms with Crippen molar-refractivity contribution in [1.29, 1.82) is 0 Å². The van der Waals surface area contributed by atoms with Gasteiger partial charge in [0, 0.05) is 6.54 Å². The summed E-state index contributed by atoms with van der Waals surface area (Å²) >= 11 is 0. The lowest BCUT2D eigenvalue weighted by atomic mass is 10.1. The standard InChI is InChI=1S/C15H19N3O2S/c1-11-3-2-4-12(9-11)7-8-18-15-10-13(21(17,19)20)5-6-14(15)16/h2-6,9-10,18H,7-8,16H2,1H3,(H2,17,19,20). The molecule has 2 rings (SSSR count). The van der Waals surface area contributed by atoms with Crippen LogP contribution in [0.5, 0.6) is 0 Å². The van der Waals surface area contributed by atoms with Crippen molar-refractivity contribution in [3.05, 3.63) is 53.6 Å². The van der Waals surface area contributed by atoms with Crippen LogP contribution in [0.1, 0.15) is 11.1 Å². The lowest BCUT2D eigenvalue weighted by molar-refractivity contribution is 0.598. The lowest BCUT2D eigenvalue weighted by Gasteiger charge is -2.11. The van der Waals surface area contributed by atoms with Crippen LogP contribution in [0.4, 0.5) is 11.4 Å². The van der Waals surface area contributed by atoms with Crippen LogP contribution >= 0.6 is 0 Å². The third kappa shape index (κ3) is 4.21. The number of anilines is 2. The highest BCUT2D eigenvalue weighted by Gasteiger charge is 2.10. The van der Waals surface area contributed by atoms with E-state index in [0.717, 1.165) is 6.42 Å². The number of aryl methyl sites for hydroxylation is 1. The van der Waals surface area contributed by atoms with Crippen molar-refractivity contribution in [3.8, 4) is 0 Å². The molecule has 2 aromatic rings. The first-order valence-electron chi connectivity index (χ1n) is 6.58. The Morgan fingerprint density at radius 3 is 2.57 bits per heavy atom. The summed E-state index contributed by atoms with van der Waals surface area (Å²) in [5.74, 6) is 0. The van der Waals surface area contributed by atoms with Crippen LogP contribution in [0.15, 0.2) is 47.4 Å². The molecular weight excluding hydrogens is 286 g/mol. The summed E-state index contributed by atoms with van der Waals surface area (Å²) in [6.07, 6.45) is 0.820. The maximum Gasteiger partial charge on any atom is 0.238 e. The molecule has 21 heavy (non-hydrogen) atoms. The molecule has 0 aliphatic carbocycles. The zero-order valence-electron chi connectivity index (χ0n) is 11.8. The highest BCUT2D eigenvalue weighted by atomic mass is 32.2. The van der Waals surface area contributed by atoms with Crippen molar-refractivity contribution in [3.63, 3.8) is 0 Å². The molecule has 0 saturated heterocycles. The molecule has 0 bridgehead atoms. The van der Waals surface area contributed by atoms with E-state index < -0.39 is 10.0 Å². The molecular formula is C15H19N3O2S. The number of nitrogens with two attached hydrogens (primary N) is 2. The van der Waals surface area contributed by atoms with Gasteiger partial charge in [0.25, 0.3) is 0 Å². The number of rotatable bonds is 5. The van der Waals surface area contributed by atoms with Gasteiger partial charge in [-0.25, -0.2) is 13.6 Å². The van der Waals surface area contributed by atoms with Crippen molar-refractivity contribution >= 4 is 21.4 Å². The highest BCUT2D eigenvalue weighted by molar-refractivity contribution is 7.89. The summed E-state index contributed by atoms with van der Waals surface area (Å²) < 4.78 is 22.7. The Morgan fingerprint density at radius 1 is 1.14 bits per heavy atom. The van der Waals surface area contributed by atoms with E-state index in [0.29, 0.717) is 17.9 Å². The topological polar surface area (TPSA) is 98.2 Å². The number of sulfonamides is 1. The van der Waals surface area contributed by atoms with Gasteiger partial charge >= 0.3 is 0 Å². The first kappa shape index (κ1) is 15.3. The quantitative estimate of drug-likeness (QED) is 0.734. The normalized spacial score (nSPS) is 11.3. The number of nitrogens with one attached hydrogen (secondary N) is 1. The fraction of sp³-hybridized carbons (Fsp3) is 0.200. The molecule has 0 radical (unpaired) electrons. The number of benzene rings is 2. The van der Waals surface area contributed by atoms with E-state index in [2.05, 4.69) is 17.4 Å². The largest absolute Gasteiger partial charge is 0.397 e. The van der Waals surface area contributed by atoms with Gasteiger partial charge in [0.15, 0.2) is 0 Å². The number of hydrogen-bond acceptors (Lipinski definition) is 4. The molecule has 0 fully saturated rings.